The number of pyridine rings is 2. The highest BCUT2D eigenvalue weighted by Crippen LogP contribution is 2.20. The maximum Gasteiger partial charge on any atom is 0.141 e. The normalized spacial score (nSPS) is 9.94. The van der Waals surface area contributed by atoms with Crippen LogP contribution in [0.15, 0.2) is 24.4 Å². The Morgan fingerprint density at radius 3 is 2.82 bits per heavy atom. The molecule has 2 aromatic heterocycles. The van der Waals surface area contributed by atoms with Gasteiger partial charge >= 0.3 is 0 Å². The Labute approximate surface area is 103 Å². The lowest BCUT2D eigenvalue weighted by Crippen LogP contribution is -1.94. The van der Waals surface area contributed by atoms with Gasteiger partial charge in [-0.05, 0) is 30.7 Å². The minimum absolute atomic E-state index is 0.360. The Balaban J connectivity index is 2.61. The molecule has 0 spiro atoms. The van der Waals surface area contributed by atoms with Gasteiger partial charge in [-0.2, -0.15) is 5.26 Å². The number of H-pyrrole nitrogens is 1. The van der Waals surface area contributed by atoms with Crippen molar-refractivity contribution in [1.29, 1.82) is 5.26 Å². The number of nitrogens with one attached hydrogen (secondary N) is 1. The molecule has 0 amide bonds. The van der Waals surface area contributed by atoms with Crippen molar-refractivity contribution in [1.82, 2.24) is 9.97 Å². The quantitative estimate of drug-likeness (QED) is 0.785. The molecule has 84 valence electrons. The van der Waals surface area contributed by atoms with Crippen molar-refractivity contribution in [3.63, 3.8) is 0 Å². The van der Waals surface area contributed by atoms with Gasteiger partial charge in [0, 0.05) is 0 Å². The first-order valence-corrected chi connectivity index (χ1v) is 5.28. The van der Waals surface area contributed by atoms with Gasteiger partial charge in [-0.3, -0.25) is 4.98 Å². The van der Waals surface area contributed by atoms with Crippen LogP contribution >= 0.6 is 12.2 Å². The second kappa shape index (κ2) is 4.44. The van der Waals surface area contributed by atoms with Crippen LogP contribution in [0.3, 0.4) is 0 Å². The standard InChI is InChI=1S/C12H8FN3S/c1-7-4-8(5-14)12(17)16-11(7)10-3-2-9(13)6-15-10/h2-4,6H,1H3,(H,16,17). The van der Waals surface area contributed by atoms with E-state index in [1.165, 1.54) is 6.07 Å². The van der Waals surface area contributed by atoms with E-state index >= 15 is 0 Å². The SMILES string of the molecule is Cc1cc(C#N)c(=S)[nH]c1-c1ccc(F)cn1. The lowest BCUT2D eigenvalue weighted by Gasteiger charge is -2.05. The molecule has 2 heterocycles. The third-order valence-corrected chi connectivity index (χ3v) is 2.66. The first kappa shape index (κ1) is 11.4. The van der Waals surface area contributed by atoms with E-state index < -0.39 is 5.82 Å². The van der Waals surface area contributed by atoms with Gasteiger partial charge in [0.05, 0.1) is 23.1 Å². The lowest BCUT2D eigenvalue weighted by atomic mass is 10.1. The summed E-state index contributed by atoms with van der Waals surface area (Å²) in [7, 11) is 0. The molecule has 0 saturated carbocycles. The number of hydrogen-bond acceptors (Lipinski definition) is 3. The zero-order valence-electron chi connectivity index (χ0n) is 8.99. The summed E-state index contributed by atoms with van der Waals surface area (Å²) < 4.78 is 13.1. The summed E-state index contributed by atoms with van der Waals surface area (Å²) in [5.74, 6) is -0.390. The number of rotatable bonds is 1. The van der Waals surface area contributed by atoms with Crippen LogP contribution in [-0.4, -0.2) is 9.97 Å². The molecule has 0 atom stereocenters. The average Bonchev–Trinajstić information content (AvgIpc) is 2.33. The van der Waals surface area contributed by atoms with Gasteiger partial charge < -0.3 is 4.98 Å². The van der Waals surface area contributed by atoms with Gasteiger partial charge in [0.1, 0.15) is 16.5 Å². The van der Waals surface area contributed by atoms with Crippen molar-refractivity contribution < 1.29 is 4.39 Å². The first-order valence-electron chi connectivity index (χ1n) is 4.88. The Morgan fingerprint density at radius 1 is 1.47 bits per heavy atom. The molecule has 0 radical (unpaired) electrons. The molecule has 17 heavy (non-hydrogen) atoms. The third kappa shape index (κ3) is 2.22. The van der Waals surface area contributed by atoms with Crippen molar-refractivity contribution in [3.8, 4) is 17.5 Å². The highest BCUT2D eigenvalue weighted by Gasteiger charge is 2.06. The molecule has 0 aliphatic heterocycles. The monoisotopic (exact) mass is 245 g/mol. The predicted octanol–water partition coefficient (Wildman–Crippen LogP) is 3.13. The molecule has 0 saturated heterocycles. The number of nitrogens with zero attached hydrogens (tertiary/aromatic N) is 2. The van der Waals surface area contributed by atoms with E-state index in [9.17, 15) is 4.39 Å². The van der Waals surface area contributed by atoms with E-state index in [1.807, 2.05) is 13.0 Å². The molecule has 0 bridgehead atoms. The van der Waals surface area contributed by atoms with Gasteiger partial charge in [0.15, 0.2) is 0 Å². The van der Waals surface area contributed by atoms with Crippen LogP contribution in [0.25, 0.3) is 11.4 Å². The van der Waals surface area contributed by atoms with Crippen LogP contribution < -0.4 is 0 Å². The van der Waals surface area contributed by atoms with E-state index in [0.717, 1.165) is 11.8 Å². The van der Waals surface area contributed by atoms with Crippen LogP contribution in [0.5, 0.6) is 0 Å². The van der Waals surface area contributed by atoms with Gasteiger partial charge in [0.2, 0.25) is 0 Å². The summed E-state index contributed by atoms with van der Waals surface area (Å²) in [6.45, 7) is 1.84. The van der Waals surface area contributed by atoms with E-state index in [4.69, 9.17) is 17.5 Å². The van der Waals surface area contributed by atoms with Gasteiger partial charge in [0.25, 0.3) is 0 Å². The maximum atomic E-state index is 12.8. The minimum Gasteiger partial charge on any atom is -0.344 e. The van der Waals surface area contributed by atoms with Gasteiger partial charge in [-0.15, -0.1) is 0 Å². The molecule has 1 N–H and O–H groups in total. The van der Waals surface area contributed by atoms with Crippen LogP contribution in [0.1, 0.15) is 11.1 Å². The van der Waals surface area contributed by atoms with Crippen molar-refractivity contribution in [2.75, 3.05) is 0 Å². The van der Waals surface area contributed by atoms with Crippen LogP contribution in [0.4, 0.5) is 4.39 Å². The van der Waals surface area contributed by atoms with Gasteiger partial charge in [-0.25, -0.2) is 4.39 Å². The number of nitriles is 1. The Morgan fingerprint density at radius 2 is 2.24 bits per heavy atom. The molecule has 0 aromatic carbocycles. The largest absolute Gasteiger partial charge is 0.344 e. The van der Waals surface area contributed by atoms with E-state index in [-0.39, 0.29) is 0 Å². The minimum atomic E-state index is -0.390. The van der Waals surface area contributed by atoms with E-state index in [2.05, 4.69) is 9.97 Å². The molecule has 2 aromatic rings. The molecular weight excluding hydrogens is 237 g/mol. The Kier molecular flexibility index (Phi) is 2.98. The van der Waals surface area contributed by atoms with E-state index in [1.54, 1.807) is 12.1 Å². The van der Waals surface area contributed by atoms with Crippen LogP contribution in [0, 0.1) is 28.7 Å². The summed E-state index contributed by atoms with van der Waals surface area (Å²) in [6.07, 6.45) is 1.14. The third-order valence-electron chi connectivity index (χ3n) is 2.34. The molecule has 5 heteroatoms. The fourth-order valence-corrected chi connectivity index (χ4v) is 1.71. The van der Waals surface area contributed by atoms with Crippen molar-refractivity contribution >= 4 is 12.2 Å². The fourth-order valence-electron chi connectivity index (χ4n) is 1.51. The molecular formula is C12H8FN3S. The summed E-state index contributed by atoms with van der Waals surface area (Å²) in [5, 5.41) is 8.84. The number of halogens is 1. The number of aromatic nitrogens is 2. The zero-order valence-corrected chi connectivity index (χ0v) is 9.81. The average molecular weight is 245 g/mol. The topological polar surface area (TPSA) is 52.5 Å². The molecule has 3 nitrogen and oxygen atoms in total. The number of hydrogen-bond donors (Lipinski definition) is 1. The van der Waals surface area contributed by atoms with Crippen molar-refractivity contribution in [3.05, 3.63) is 46.0 Å². The first-order chi connectivity index (χ1) is 8.11. The summed E-state index contributed by atoms with van der Waals surface area (Å²) in [6, 6.07) is 6.60. The van der Waals surface area contributed by atoms with Gasteiger partial charge in [-0.1, -0.05) is 12.2 Å². The number of aryl methyl sites for hydroxylation is 1. The molecule has 0 fully saturated rings. The highest BCUT2D eigenvalue weighted by molar-refractivity contribution is 7.71. The maximum absolute atomic E-state index is 12.8. The van der Waals surface area contributed by atoms with Crippen LogP contribution in [0.2, 0.25) is 0 Å². The second-order valence-corrected chi connectivity index (χ2v) is 3.95. The molecule has 0 aliphatic carbocycles. The Hall–Kier alpha value is -2.06. The van der Waals surface area contributed by atoms with Crippen molar-refractivity contribution in [2.24, 2.45) is 0 Å². The lowest BCUT2D eigenvalue weighted by molar-refractivity contribution is 0.622. The Bertz CT molecular complexity index is 653. The molecule has 0 unspecified atom stereocenters. The highest BCUT2D eigenvalue weighted by atomic mass is 32.1. The van der Waals surface area contributed by atoms with Crippen molar-refractivity contribution in [2.45, 2.75) is 6.92 Å². The summed E-state index contributed by atoms with van der Waals surface area (Å²) >= 11 is 5.04. The number of aromatic amines is 1. The van der Waals surface area contributed by atoms with E-state index in [0.29, 0.717) is 21.6 Å². The van der Waals surface area contributed by atoms with Crippen LogP contribution in [-0.2, 0) is 0 Å². The second-order valence-electron chi connectivity index (χ2n) is 3.54. The molecule has 2 rings (SSSR count). The predicted molar refractivity (Wildman–Crippen MR) is 64.3 cm³/mol. The summed E-state index contributed by atoms with van der Waals surface area (Å²) in [5.41, 5.74) is 2.56. The zero-order chi connectivity index (χ0) is 12.4. The molecule has 0 aliphatic rings. The fraction of sp³-hybridized carbons (Fsp3) is 0.0833. The summed E-state index contributed by atoms with van der Waals surface area (Å²) in [4.78, 5) is 6.91. The smallest absolute Gasteiger partial charge is 0.141 e.